The standard InChI is InChI=1S/C24H25N3O4S/c1-3-5-12-30-22(28)14-27-19-13-16(9-10-21(19)31-20(4-2)24(27)29)18-15-32-23(26-18)17-8-6-7-11-25-17/h6-11,13,15,20H,3-5,12,14H2,1-2H3. The number of fused-ring (bicyclic) bond motifs is 1. The molecule has 0 spiro atoms. The summed E-state index contributed by atoms with van der Waals surface area (Å²) < 4.78 is 11.2. The van der Waals surface area contributed by atoms with Crippen LogP contribution in [0.2, 0.25) is 0 Å². The molecule has 0 saturated heterocycles. The summed E-state index contributed by atoms with van der Waals surface area (Å²) in [5.74, 6) is -0.0928. The van der Waals surface area contributed by atoms with E-state index in [4.69, 9.17) is 14.5 Å². The first-order valence-corrected chi connectivity index (χ1v) is 11.6. The van der Waals surface area contributed by atoms with Gasteiger partial charge in [0.1, 0.15) is 17.3 Å². The summed E-state index contributed by atoms with van der Waals surface area (Å²) >= 11 is 1.50. The van der Waals surface area contributed by atoms with Crippen LogP contribution in [0.5, 0.6) is 5.75 Å². The molecule has 32 heavy (non-hydrogen) atoms. The molecule has 1 aliphatic heterocycles. The number of nitrogens with zero attached hydrogens (tertiary/aromatic N) is 3. The Balaban J connectivity index is 1.63. The molecular weight excluding hydrogens is 426 g/mol. The third-order valence-corrected chi connectivity index (χ3v) is 6.03. The van der Waals surface area contributed by atoms with E-state index < -0.39 is 12.1 Å². The number of thiazole rings is 1. The number of ether oxygens (including phenoxy) is 2. The van der Waals surface area contributed by atoms with Crippen molar-refractivity contribution in [2.75, 3.05) is 18.1 Å². The Morgan fingerprint density at radius 1 is 1.22 bits per heavy atom. The Morgan fingerprint density at radius 2 is 2.09 bits per heavy atom. The second-order valence-electron chi connectivity index (χ2n) is 7.45. The molecule has 3 heterocycles. The lowest BCUT2D eigenvalue weighted by Crippen LogP contribution is -2.48. The van der Waals surface area contributed by atoms with Crippen LogP contribution in [0.4, 0.5) is 5.69 Å². The largest absolute Gasteiger partial charge is 0.478 e. The number of unbranched alkanes of at least 4 members (excludes halogenated alkanes) is 1. The summed E-state index contributed by atoms with van der Waals surface area (Å²) in [6.07, 6.45) is 3.36. The summed E-state index contributed by atoms with van der Waals surface area (Å²) in [5, 5.41) is 2.77. The second kappa shape index (κ2) is 9.91. The van der Waals surface area contributed by atoms with Gasteiger partial charge in [-0.05, 0) is 43.2 Å². The van der Waals surface area contributed by atoms with E-state index in [1.807, 2.05) is 55.6 Å². The summed E-state index contributed by atoms with van der Waals surface area (Å²) in [7, 11) is 0. The molecule has 0 saturated carbocycles. The Kier molecular flexibility index (Phi) is 6.80. The third-order valence-electron chi connectivity index (χ3n) is 5.16. The highest BCUT2D eigenvalue weighted by Crippen LogP contribution is 2.39. The van der Waals surface area contributed by atoms with Crippen molar-refractivity contribution in [3.05, 3.63) is 48.0 Å². The van der Waals surface area contributed by atoms with Crippen molar-refractivity contribution in [3.8, 4) is 27.7 Å². The number of hydrogen-bond donors (Lipinski definition) is 0. The molecule has 3 aromatic rings. The van der Waals surface area contributed by atoms with E-state index in [-0.39, 0.29) is 12.5 Å². The van der Waals surface area contributed by atoms with Crippen molar-refractivity contribution in [1.29, 1.82) is 0 Å². The van der Waals surface area contributed by atoms with E-state index in [2.05, 4.69) is 4.98 Å². The molecule has 0 N–H and O–H groups in total. The van der Waals surface area contributed by atoms with Crippen LogP contribution in [0.25, 0.3) is 22.0 Å². The molecule has 8 heteroatoms. The molecule has 7 nitrogen and oxygen atoms in total. The van der Waals surface area contributed by atoms with Gasteiger partial charge in [-0.3, -0.25) is 19.5 Å². The molecule has 0 radical (unpaired) electrons. The molecule has 166 valence electrons. The first-order chi connectivity index (χ1) is 15.6. The van der Waals surface area contributed by atoms with E-state index in [1.54, 1.807) is 6.20 Å². The predicted octanol–water partition coefficient (Wildman–Crippen LogP) is 4.72. The van der Waals surface area contributed by atoms with Gasteiger partial charge in [-0.25, -0.2) is 4.98 Å². The van der Waals surface area contributed by atoms with E-state index in [0.29, 0.717) is 24.5 Å². The summed E-state index contributed by atoms with van der Waals surface area (Å²) in [6.45, 7) is 4.12. The minimum absolute atomic E-state index is 0.144. The van der Waals surface area contributed by atoms with Crippen LogP contribution >= 0.6 is 11.3 Å². The van der Waals surface area contributed by atoms with Crippen molar-refractivity contribution >= 4 is 28.9 Å². The van der Waals surface area contributed by atoms with Crippen molar-refractivity contribution in [1.82, 2.24) is 9.97 Å². The first-order valence-electron chi connectivity index (χ1n) is 10.8. The zero-order valence-corrected chi connectivity index (χ0v) is 18.9. The maximum absolute atomic E-state index is 13.0. The topological polar surface area (TPSA) is 81.6 Å². The monoisotopic (exact) mass is 451 g/mol. The number of benzene rings is 1. The summed E-state index contributed by atoms with van der Waals surface area (Å²) in [5.41, 5.74) is 2.96. The number of aromatic nitrogens is 2. The van der Waals surface area contributed by atoms with Crippen LogP contribution in [0.3, 0.4) is 0 Å². The number of anilines is 1. The Hall–Kier alpha value is -3.26. The Morgan fingerprint density at radius 3 is 2.84 bits per heavy atom. The maximum atomic E-state index is 13.0. The van der Waals surface area contributed by atoms with Crippen LogP contribution in [-0.2, 0) is 14.3 Å². The fourth-order valence-electron chi connectivity index (χ4n) is 3.42. The highest BCUT2D eigenvalue weighted by Gasteiger charge is 2.35. The van der Waals surface area contributed by atoms with E-state index >= 15 is 0 Å². The molecule has 2 aromatic heterocycles. The molecule has 0 fully saturated rings. The lowest BCUT2D eigenvalue weighted by Gasteiger charge is -2.33. The minimum Gasteiger partial charge on any atom is -0.478 e. The van der Waals surface area contributed by atoms with Gasteiger partial charge in [-0.2, -0.15) is 0 Å². The third kappa shape index (κ3) is 4.65. The fourth-order valence-corrected chi connectivity index (χ4v) is 4.23. The number of amides is 1. The molecular formula is C24H25N3O4S. The smallest absolute Gasteiger partial charge is 0.326 e. The van der Waals surface area contributed by atoms with Crippen molar-refractivity contribution < 1.29 is 19.1 Å². The Labute approximate surface area is 191 Å². The fraction of sp³-hybridized carbons (Fsp3) is 0.333. The number of carbonyl (C=O) groups is 2. The van der Waals surface area contributed by atoms with Gasteiger partial charge < -0.3 is 9.47 Å². The van der Waals surface area contributed by atoms with E-state index in [9.17, 15) is 9.59 Å². The lowest BCUT2D eigenvalue weighted by molar-refractivity contribution is -0.143. The number of carbonyl (C=O) groups excluding carboxylic acids is 2. The average Bonchev–Trinajstić information content (AvgIpc) is 3.31. The lowest BCUT2D eigenvalue weighted by atomic mass is 10.1. The summed E-state index contributed by atoms with van der Waals surface area (Å²) in [6, 6.07) is 11.3. The van der Waals surface area contributed by atoms with Gasteiger partial charge >= 0.3 is 5.97 Å². The molecule has 1 unspecified atom stereocenters. The van der Waals surface area contributed by atoms with Crippen LogP contribution in [0.1, 0.15) is 33.1 Å². The number of pyridine rings is 1. The van der Waals surface area contributed by atoms with Crippen LogP contribution in [0.15, 0.2) is 48.0 Å². The molecule has 1 atom stereocenters. The van der Waals surface area contributed by atoms with Gasteiger partial charge in [0, 0.05) is 17.1 Å². The highest BCUT2D eigenvalue weighted by atomic mass is 32.1. The van der Waals surface area contributed by atoms with Gasteiger partial charge in [0.25, 0.3) is 5.91 Å². The maximum Gasteiger partial charge on any atom is 0.326 e. The first kappa shape index (κ1) is 22.0. The molecule has 1 amide bonds. The summed E-state index contributed by atoms with van der Waals surface area (Å²) in [4.78, 5) is 35.9. The van der Waals surface area contributed by atoms with Crippen molar-refractivity contribution in [3.63, 3.8) is 0 Å². The van der Waals surface area contributed by atoms with Gasteiger partial charge in [0.15, 0.2) is 6.10 Å². The highest BCUT2D eigenvalue weighted by molar-refractivity contribution is 7.13. The van der Waals surface area contributed by atoms with Gasteiger partial charge in [-0.1, -0.05) is 26.3 Å². The van der Waals surface area contributed by atoms with Crippen molar-refractivity contribution in [2.24, 2.45) is 0 Å². The van der Waals surface area contributed by atoms with Crippen molar-refractivity contribution in [2.45, 2.75) is 39.2 Å². The molecule has 1 aromatic carbocycles. The zero-order valence-electron chi connectivity index (χ0n) is 18.1. The SMILES string of the molecule is CCCCOC(=O)CN1C(=O)C(CC)Oc2ccc(-c3csc(-c4ccccn4)n3)cc21. The van der Waals surface area contributed by atoms with Crippen LogP contribution < -0.4 is 9.64 Å². The molecule has 1 aliphatic rings. The van der Waals surface area contributed by atoms with Gasteiger partial charge in [0.2, 0.25) is 0 Å². The van der Waals surface area contributed by atoms with E-state index in [0.717, 1.165) is 34.8 Å². The number of rotatable bonds is 8. The molecule has 0 aliphatic carbocycles. The minimum atomic E-state index is -0.619. The number of hydrogen-bond acceptors (Lipinski definition) is 7. The van der Waals surface area contributed by atoms with Gasteiger partial charge in [0.05, 0.1) is 23.7 Å². The van der Waals surface area contributed by atoms with Crippen LogP contribution in [0, 0.1) is 0 Å². The van der Waals surface area contributed by atoms with Crippen LogP contribution in [-0.4, -0.2) is 41.1 Å². The predicted molar refractivity (Wildman–Crippen MR) is 124 cm³/mol. The zero-order chi connectivity index (χ0) is 22.5. The number of esters is 1. The Bertz CT molecular complexity index is 1100. The van der Waals surface area contributed by atoms with E-state index in [1.165, 1.54) is 16.2 Å². The molecule has 0 bridgehead atoms. The second-order valence-corrected chi connectivity index (χ2v) is 8.31. The normalized spacial score (nSPS) is 15.2. The molecule has 4 rings (SSSR count). The quantitative estimate of drug-likeness (QED) is 0.364. The van der Waals surface area contributed by atoms with Gasteiger partial charge in [-0.15, -0.1) is 11.3 Å². The average molecular weight is 452 g/mol.